The molecule has 1 aliphatic rings. The van der Waals surface area contributed by atoms with Gasteiger partial charge >= 0.3 is 0 Å². The molecule has 2 amide bonds. The minimum atomic E-state index is -1.66. The zero-order valence-corrected chi connectivity index (χ0v) is 16.6. The normalized spacial score (nSPS) is 14.5. The van der Waals surface area contributed by atoms with E-state index in [2.05, 4.69) is 34.6 Å². The lowest BCUT2D eigenvalue weighted by atomic mass is 10.1. The minimum Gasteiger partial charge on any atom is -0.360 e. The number of carbonyl (C=O) groups excluding carboxylic acids is 2. The molecule has 0 saturated carbocycles. The third-order valence-corrected chi connectivity index (χ3v) is 5.09. The van der Waals surface area contributed by atoms with Crippen LogP contribution in [0.15, 0.2) is 36.4 Å². The molecule has 0 radical (unpaired) electrons. The molecule has 6 nitrogen and oxygen atoms in total. The number of para-hydroxylation sites is 1. The summed E-state index contributed by atoms with van der Waals surface area (Å²) in [6.45, 7) is 5.11. The highest BCUT2D eigenvalue weighted by molar-refractivity contribution is 5.94. The number of nitrogens with one attached hydrogen (secondary N) is 3. The molecule has 30 heavy (non-hydrogen) atoms. The van der Waals surface area contributed by atoms with Crippen LogP contribution in [-0.4, -0.2) is 51.1 Å². The maximum atomic E-state index is 13.6. The van der Waals surface area contributed by atoms with Gasteiger partial charge in [-0.05, 0) is 30.7 Å². The lowest BCUT2D eigenvalue weighted by molar-refractivity contribution is -0.892. The summed E-state index contributed by atoms with van der Waals surface area (Å²) >= 11 is 0. The van der Waals surface area contributed by atoms with Crippen molar-refractivity contribution in [1.29, 1.82) is 0 Å². The molecule has 2 aromatic carbocycles. The van der Waals surface area contributed by atoms with Crippen molar-refractivity contribution in [1.82, 2.24) is 5.32 Å². The number of amides is 2. The van der Waals surface area contributed by atoms with Crippen LogP contribution in [0.1, 0.15) is 5.56 Å². The topological polar surface area (TPSA) is 65.9 Å². The van der Waals surface area contributed by atoms with E-state index in [1.54, 1.807) is 0 Å². The summed E-state index contributed by atoms with van der Waals surface area (Å²) in [5.41, 5.74) is 1.93. The van der Waals surface area contributed by atoms with Gasteiger partial charge < -0.3 is 20.4 Å². The van der Waals surface area contributed by atoms with E-state index in [9.17, 15) is 22.8 Å². The van der Waals surface area contributed by atoms with E-state index < -0.39 is 29.0 Å². The number of anilines is 2. The zero-order chi connectivity index (χ0) is 21.7. The molecule has 0 spiro atoms. The first-order valence-electron chi connectivity index (χ1n) is 9.69. The van der Waals surface area contributed by atoms with Crippen LogP contribution in [0.2, 0.25) is 0 Å². The van der Waals surface area contributed by atoms with Crippen molar-refractivity contribution >= 4 is 23.2 Å². The number of aryl methyl sites for hydroxylation is 1. The van der Waals surface area contributed by atoms with Crippen LogP contribution in [0.4, 0.5) is 24.5 Å². The summed E-state index contributed by atoms with van der Waals surface area (Å²) in [5.74, 6) is -5.52. The molecule has 2 aromatic rings. The molecule has 1 fully saturated rings. The fourth-order valence-corrected chi connectivity index (χ4v) is 3.44. The van der Waals surface area contributed by atoms with E-state index in [-0.39, 0.29) is 19.0 Å². The lowest BCUT2D eigenvalue weighted by Crippen LogP contribution is -3.16. The Balaban J connectivity index is 1.42. The van der Waals surface area contributed by atoms with Crippen molar-refractivity contribution in [2.75, 3.05) is 49.5 Å². The highest BCUT2D eigenvalue weighted by Crippen LogP contribution is 2.20. The second-order valence-electron chi connectivity index (χ2n) is 7.25. The van der Waals surface area contributed by atoms with Crippen LogP contribution in [0.25, 0.3) is 0 Å². The summed E-state index contributed by atoms with van der Waals surface area (Å²) < 4.78 is 39.7. The summed E-state index contributed by atoms with van der Waals surface area (Å²) in [5, 5.41) is 4.59. The fraction of sp³-hybridized carbons (Fsp3) is 0.333. The number of piperazine rings is 1. The summed E-state index contributed by atoms with van der Waals surface area (Å²) in [7, 11) is 0. The highest BCUT2D eigenvalue weighted by atomic mass is 19.2. The Morgan fingerprint density at radius 2 is 1.70 bits per heavy atom. The van der Waals surface area contributed by atoms with E-state index in [1.807, 2.05) is 12.1 Å². The van der Waals surface area contributed by atoms with E-state index in [1.165, 1.54) is 11.3 Å². The van der Waals surface area contributed by atoms with Crippen molar-refractivity contribution < 1.29 is 27.7 Å². The van der Waals surface area contributed by atoms with Gasteiger partial charge in [-0.1, -0.05) is 18.2 Å². The van der Waals surface area contributed by atoms with Gasteiger partial charge in [0, 0.05) is 5.69 Å². The number of carbonyl (C=O) groups is 2. The van der Waals surface area contributed by atoms with Gasteiger partial charge in [0.1, 0.15) is 0 Å². The quantitative estimate of drug-likeness (QED) is 0.607. The lowest BCUT2D eigenvalue weighted by Gasteiger charge is -2.34. The van der Waals surface area contributed by atoms with Gasteiger partial charge in [-0.25, -0.2) is 13.2 Å². The van der Waals surface area contributed by atoms with Crippen LogP contribution in [0.5, 0.6) is 0 Å². The average molecular weight is 421 g/mol. The van der Waals surface area contributed by atoms with Crippen molar-refractivity contribution in [2.45, 2.75) is 6.92 Å². The van der Waals surface area contributed by atoms with E-state index in [0.717, 1.165) is 37.1 Å². The van der Waals surface area contributed by atoms with Crippen molar-refractivity contribution in [3.05, 3.63) is 59.4 Å². The smallest absolute Gasteiger partial charge is 0.275 e. The van der Waals surface area contributed by atoms with Gasteiger partial charge in [0.25, 0.3) is 5.91 Å². The Labute approximate surface area is 172 Å². The first-order valence-corrected chi connectivity index (χ1v) is 9.69. The number of nitrogens with zero attached hydrogens (tertiary/aromatic N) is 1. The predicted octanol–water partition coefficient (Wildman–Crippen LogP) is 0.872. The number of hydrogen-bond donors (Lipinski definition) is 3. The maximum Gasteiger partial charge on any atom is 0.275 e. The molecular formula is C21H24F3N4O2+. The summed E-state index contributed by atoms with van der Waals surface area (Å²) in [6.07, 6.45) is 0. The Bertz CT molecular complexity index is 930. The molecule has 160 valence electrons. The average Bonchev–Trinajstić information content (AvgIpc) is 2.74. The van der Waals surface area contributed by atoms with Gasteiger partial charge in [-0.15, -0.1) is 0 Å². The largest absolute Gasteiger partial charge is 0.360 e. The summed E-state index contributed by atoms with van der Waals surface area (Å²) in [6, 6.07) is 9.80. The molecule has 0 unspecified atom stereocenters. The zero-order valence-electron chi connectivity index (χ0n) is 16.6. The second-order valence-corrected chi connectivity index (χ2v) is 7.25. The van der Waals surface area contributed by atoms with Gasteiger partial charge in [0.05, 0.1) is 38.4 Å². The number of quaternary nitrogens is 1. The first kappa shape index (κ1) is 21.6. The number of halogens is 3. The Morgan fingerprint density at radius 3 is 2.40 bits per heavy atom. The number of benzene rings is 2. The van der Waals surface area contributed by atoms with Crippen molar-refractivity contribution in [3.63, 3.8) is 0 Å². The molecule has 1 aliphatic heterocycles. The van der Waals surface area contributed by atoms with Crippen LogP contribution in [0.3, 0.4) is 0 Å². The van der Waals surface area contributed by atoms with Crippen molar-refractivity contribution in [2.24, 2.45) is 0 Å². The molecule has 0 atom stereocenters. The molecule has 1 heterocycles. The molecular weight excluding hydrogens is 397 g/mol. The molecule has 0 aliphatic carbocycles. The molecule has 1 saturated heterocycles. The first-order chi connectivity index (χ1) is 14.3. The van der Waals surface area contributed by atoms with Crippen LogP contribution >= 0.6 is 0 Å². The number of rotatable bonds is 6. The maximum absolute atomic E-state index is 13.6. The number of hydrogen-bond acceptors (Lipinski definition) is 3. The van der Waals surface area contributed by atoms with E-state index >= 15 is 0 Å². The molecule has 3 N–H and O–H groups in total. The van der Waals surface area contributed by atoms with Crippen molar-refractivity contribution in [3.8, 4) is 0 Å². The van der Waals surface area contributed by atoms with Crippen LogP contribution in [-0.2, 0) is 9.59 Å². The van der Waals surface area contributed by atoms with Crippen LogP contribution in [0, 0.1) is 24.4 Å². The SMILES string of the molecule is Cc1ccccc1N1CC[NH+](CC(=O)NCC(=O)Nc2ccc(F)c(F)c2F)CC1. The molecule has 0 bridgehead atoms. The Morgan fingerprint density at radius 1 is 1.00 bits per heavy atom. The highest BCUT2D eigenvalue weighted by Gasteiger charge is 2.23. The fourth-order valence-electron chi connectivity index (χ4n) is 3.44. The predicted molar refractivity (Wildman–Crippen MR) is 107 cm³/mol. The molecule has 3 rings (SSSR count). The Kier molecular flexibility index (Phi) is 6.94. The van der Waals surface area contributed by atoms with Gasteiger partial charge in [-0.2, -0.15) is 0 Å². The minimum absolute atomic E-state index is 0.217. The standard InChI is InChI=1S/C21H23F3N4O2/c1-14-4-2-3-5-17(14)28-10-8-27(9-11-28)13-19(30)25-12-18(29)26-16-7-6-15(22)20(23)21(16)24/h2-7H,8-13H2,1H3,(H,25,30)(H,26,29)/p+1. The van der Waals surface area contributed by atoms with Crippen LogP contribution < -0.4 is 20.4 Å². The molecule has 0 aromatic heterocycles. The van der Waals surface area contributed by atoms with Gasteiger partial charge in [0.15, 0.2) is 24.0 Å². The monoisotopic (exact) mass is 421 g/mol. The van der Waals surface area contributed by atoms with E-state index in [4.69, 9.17) is 0 Å². The molecule has 9 heteroatoms. The van der Waals surface area contributed by atoms with Gasteiger partial charge in [0.2, 0.25) is 5.91 Å². The Hall–Kier alpha value is -3.07. The van der Waals surface area contributed by atoms with Gasteiger partial charge in [-0.3, -0.25) is 9.59 Å². The third-order valence-electron chi connectivity index (χ3n) is 5.09. The summed E-state index contributed by atoms with van der Waals surface area (Å²) in [4.78, 5) is 27.4. The third kappa shape index (κ3) is 5.29. The van der Waals surface area contributed by atoms with E-state index in [0.29, 0.717) is 6.07 Å². The second kappa shape index (κ2) is 9.62.